The van der Waals surface area contributed by atoms with Gasteiger partial charge < -0.3 is 5.11 Å². The molecule has 0 aromatic carbocycles. The highest BCUT2D eigenvalue weighted by Gasteiger charge is 1.99. The third kappa shape index (κ3) is 4.35. The molecule has 0 unspecified atom stereocenters. The molecule has 1 rings (SSSR count). The fourth-order valence-electron chi connectivity index (χ4n) is 1.57. The van der Waals surface area contributed by atoms with Gasteiger partial charge in [0.2, 0.25) is 0 Å². The Kier molecular flexibility index (Phi) is 4.84. The minimum absolute atomic E-state index is 0.339. The lowest BCUT2D eigenvalue weighted by molar-refractivity contribution is 0.414. The van der Waals surface area contributed by atoms with Crippen molar-refractivity contribution >= 4 is 0 Å². The summed E-state index contributed by atoms with van der Waals surface area (Å²) < 4.78 is 0. The van der Waals surface area contributed by atoms with E-state index in [0.717, 1.165) is 12.8 Å². The molecule has 1 nitrogen and oxygen atoms in total. The van der Waals surface area contributed by atoms with Crippen molar-refractivity contribution < 1.29 is 5.11 Å². The van der Waals surface area contributed by atoms with Gasteiger partial charge in [-0.25, -0.2) is 0 Å². The molecule has 1 aliphatic carbocycles. The SMILES string of the molecule is CC1=CC/C(C)=C(/C=C\C=C(/C)O)C/C=C\1. The minimum atomic E-state index is 0.339. The molecule has 0 bridgehead atoms. The van der Waals surface area contributed by atoms with E-state index in [0.29, 0.717) is 5.76 Å². The highest BCUT2D eigenvalue weighted by Crippen LogP contribution is 2.19. The van der Waals surface area contributed by atoms with E-state index in [4.69, 9.17) is 5.11 Å². The zero-order valence-electron chi connectivity index (χ0n) is 10.3. The summed E-state index contributed by atoms with van der Waals surface area (Å²) in [6.45, 7) is 5.97. The number of aliphatic hydroxyl groups is 1. The number of hydrogen-bond acceptors (Lipinski definition) is 1. The molecule has 0 atom stereocenters. The molecule has 86 valence electrons. The van der Waals surface area contributed by atoms with Gasteiger partial charge in [-0.15, -0.1) is 0 Å². The van der Waals surface area contributed by atoms with Crippen LogP contribution in [0.4, 0.5) is 0 Å². The van der Waals surface area contributed by atoms with Crippen molar-refractivity contribution in [2.45, 2.75) is 33.6 Å². The van der Waals surface area contributed by atoms with Crippen molar-refractivity contribution in [2.75, 3.05) is 0 Å². The monoisotopic (exact) mass is 216 g/mol. The van der Waals surface area contributed by atoms with Crippen LogP contribution in [0.5, 0.6) is 0 Å². The van der Waals surface area contributed by atoms with E-state index in [1.165, 1.54) is 16.7 Å². The lowest BCUT2D eigenvalue weighted by Gasteiger charge is -2.07. The van der Waals surface area contributed by atoms with Gasteiger partial charge in [-0.05, 0) is 45.3 Å². The Morgan fingerprint density at radius 1 is 1.31 bits per heavy atom. The molecule has 0 fully saturated rings. The molecule has 0 radical (unpaired) electrons. The van der Waals surface area contributed by atoms with E-state index in [9.17, 15) is 0 Å². The largest absolute Gasteiger partial charge is 0.513 e. The molecule has 1 aliphatic rings. The minimum Gasteiger partial charge on any atom is -0.513 e. The first-order chi connectivity index (χ1) is 7.59. The summed E-state index contributed by atoms with van der Waals surface area (Å²) in [5, 5.41) is 9.05. The molecule has 1 N–H and O–H groups in total. The first-order valence-electron chi connectivity index (χ1n) is 5.65. The summed E-state index contributed by atoms with van der Waals surface area (Å²) in [4.78, 5) is 0. The van der Waals surface area contributed by atoms with E-state index in [2.05, 4.69) is 38.2 Å². The Hall–Kier alpha value is -1.50. The molecule has 0 aromatic heterocycles. The molecule has 16 heavy (non-hydrogen) atoms. The molecule has 0 heterocycles. The van der Waals surface area contributed by atoms with E-state index in [1.54, 1.807) is 13.0 Å². The summed E-state index contributed by atoms with van der Waals surface area (Å²) in [6.07, 6.45) is 14.3. The van der Waals surface area contributed by atoms with Gasteiger partial charge in [0.25, 0.3) is 0 Å². The zero-order valence-corrected chi connectivity index (χ0v) is 10.3. The van der Waals surface area contributed by atoms with Crippen molar-refractivity contribution in [1.82, 2.24) is 0 Å². The predicted octanol–water partition coefficient (Wildman–Crippen LogP) is 4.62. The van der Waals surface area contributed by atoms with Crippen molar-refractivity contribution in [3.05, 3.63) is 58.9 Å². The van der Waals surface area contributed by atoms with E-state index >= 15 is 0 Å². The summed E-state index contributed by atoms with van der Waals surface area (Å²) in [7, 11) is 0. The lowest BCUT2D eigenvalue weighted by Crippen LogP contribution is -1.87. The number of rotatable bonds is 2. The Bertz CT molecular complexity index is 386. The number of hydrogen-bond donors (Lipinski definition) is 1. The fraction of sp³-hybridized carbons (Fsp3) is 0.333. The maximum Gasteiger partial charge on any atom is 0.0891 e. The zero-order chi connectivity index (χ0) is 12.0. The van der Waals surface area contributed by atoms with Crippen LogP contribution in [0.25, 0.3) is 0 Å². The van der Waals surface area contributed by atoms with Crippen LogP contribution in [-0.2, 0) is 0 Å². The van der Waals surface area contributed by atoms with E-state index < -0.39 is 0 Å². The highest BCUT2D eigenvalue weighted by molar-refractivity contribution is 5.34. The van der Waals surface area contributed by atoms with Crippen molar-refractivity contribution in [3.8, 4) is 0 Å². The lowest BCUT2D eigenvalue weighted by atomic mass is 9.99. The maximum atomic E-state index is 9.05. The van der Waals surface area contributed by atoms with Gasteiger partial charge in [0, 0.05) is 0 Å². The molecule has 0 saturated carbocycles. The van der Waals surface area contributed by atoms with Crippen LogP contribution in [0, 0.1) is 0 Å². The molecule has 0 aromatic rings. The maximum absolute atomic E-state index is 9.05. The second kappa shape index (κ2) is 6.16. The number of allylic oxidation sites excluding steroid dienone is 10. The van der Waals surface area contributed by atoms with Gasteiger partial charge in [-0.2, -0.15) is 0 Å². The second-order valence-corrected chi connectivity index (χ2v) is 4.23. The summed E-state index contributed by atoms with van der Waals surface area (Å²) >= 11 is 0. The standard InChI is InChI=1S/C15H20O/c1-12-6-4-8-15(13(2)11-10-12)9-5-7-14(3)16/h4-7,9-10,16H,8,11H2,1-3H3/b6-4-,9-5-,12-10?,14-7+,15-13+. The van der Waals surface area contributed by atoms with Crippen LogP contribution in [0.1, 0.15) is 33.6 Å². The van der Waals surface area contributed by atoms with Crippen molar-refractivity contribution in [2.24, 2.45) is 0 Å². The van der Waals surface area contributed by atoms with Gasteiger partial charge in [-0.3, -0.25) is 0 Å². The smallest absolute Gasteiger partial charge is 0.0891 e. The third-order valence-electron chi connectivity index (χ3n) is 2.63. The Morgan fingerprint density at radius 2 is 2.06 bits per heavy atom. The van der Waals surface area contributed by atoms with Crippen LogP contribution in [0.15, 0.2) is 58.9 Å². The molecule has 0 amide bonds. The van der Waals surface area contributed by atoms with Crippen LogP contribution in [0.3, 0.4) is 0 Å². The molecular weight excluding hydrogens is 196 g/mol. The normalized spacial score (nSPS) is 25.2. The van der Waals surface area contributed by atoms with Gasteiger partial charge in [0.15, 0.2) is 0 Å². The Labute approximate surface area is 98.2 Å². The van der Waals surface area contributed by atoms with E-state index in [1.807, 2.05) is 6.08 Å². The average molecular weight is 216 g/mol. The first-order valence-corrected chi connectivity index (χ1v) is 5.65. The topological polar surface area (TPSA) is 20.2 Å². The molecular formula is C15H20O. The average Bonchev–Trinajstić information content (AvgIpc) is 2.21. The highest BCUT2D eigenvalue weighted by atomic mass is 16.3. The van der Waals surface area contributed by atoms with Crippen LogP contribution >= 0.6 is 0 Å². The molecule has 0 spiro atoms. The van der Waals surface area contributed by atoms with Gasteiger partial charge in [0.05, 0.1) is 5.76 Å². The Morgan fingerprint density at radius 3 is 2.75 bits per heavy atom. The molecule has 0 aliphatic heterocycles. The van der Waals surface area contributed by atoms with Crippen LogP contribution in [0.2, 0.25) is 0 Å². The van der Waals surface area contributed by atoms with Crippen molar-refractivity contribution in [1.29, 1.82) is 0 Å². The van der Waals surface area contributed by atoms with E-state index in [-0.39, 0.29) is 0 Å². The summed E-state index contributed by atoms with van der Waals surface area (Å²) in [6, 6.07) is 0. The fourth-order valence-corrected chi connectivity index (χ4v) is 1.57. The van der Waals surface area contributed by atoms with Crippen LogP contribution < -0.4 is 0 Å². The van der Waals surface area contributed by atoms with Gasteiger partial charge in [0.1, 0.15) is 0 Å². The van der Waals surface area contributed by atoms with Crippen LogP contribution in [-0.4, -0.2) is 5.11 Å². The summed E-state index contributed by atoms with van der Waals surface area (Å²) in [5.74, 6) is 0.339. The quantitative estimate of drug-likeness (QED) is 0.527. The third-order valence-corrected chi connectivity index (χ3v) is 2.63. The molecule has 1 heteroatoms. The van der Waals surface area contributed by atoms with Crippen molar-refractivity contribution in [3.63, 3.8) is 0 Å². The van der Waals surface area contributed by atoms with Gasteiger partial charge >= 0.3 is 0 Å². The number of aliphatic hydroxyl groups excluding tert-OH is 1. The molecule has 0 saturated heterocycles. The van der Waals surface area contributed by atoms with Gasteiger partial charge in [-0.1, -0.05) is 41.5 Å². The first kappa shape index (κ1) is 12.6. The second-order valence-electron chi connectivity index (χ2n) is 4.23. The Balaban J connectivity index is 2.83. The predicted molar refractivity (Wildman–Crippen MR) is 70.4 cm³/mol. The summed E-state index contributed by atoms with van der Waals surface area (Å²) in [5.41, 5.74) is 4.05.